The van der Waals surface area contributed by atoms with E-state index in [0.717, 1.165) is 0 Å². The Labute approximate surface area is 113 Å². The maximum absolute atomic E-state index is 11.9. The van der Waals surface area contributed by atoms with Crippen LogP contribution in [0.2, 0.25) is 10.3 Å². The summed E-state index contributed by atoms with van der Waals surface area (Å²) in [6.45, 7) is 0. The first-order valence-electron chi connectivity index (χ1n) is 4.98. The predicted octanol–water partition coefficient (Wildman–Crippen LogP) is 3.35. The summed E-state index contributed by atoms with van der Waals surface area (Å²) in [5.74, 6) is -0.445. The monoisotopic (exact) mass is 282 g/mol. The van der Waals surface area contributed by atoms with Crippen molar-refractivity contribution in [1.82, 2.24) is 4.98 Å². The van der Waals surface area contributed by atoms with Crippen LogP contribution in [0.15, 0.2) is 36.4 Å². The number of anilines is 1. The van der Waals surface area contributed by atoms with Crippen molar-refractivity contribution < 1.29 is 9.90 Å². The molecule has 0 unspecified atom stereocenters. The van der Waals surface area contributed by atoms with Crippen molar-refractivity contribution in [3.8, 4) is 5.75 Å². The van der Waals surface area contributed by atoms with Crippen LogP contribution in [0.4, 0.5) is 5.69 Å². The number of rotatable bonds is 2. The normalized spacial score (nSPS) is 10.1. The number of carbonyl (C=O) groups is 1. The molecule has 0 aliphatic carbocycles. The van der Waals surface area contributed by atoms with Gasteiger partial charge in [0.15, 0.2) is 0 Å². The van der Waals surface area contributed by atoms with E-state index < -0.39 is 5.91 Å². The van der Waals surface area contributed by atoms with Crippen molar-refractivity contribution >= 4 is 34.8 Å². The van der Waals surface area contributed by atoms with E-state index in [0.29, 0.717) is 5.69 Å². The fourth-order valence-electron chi connectivity index (χ4n) is 1.37. The highest BCUT2D eigenvalue weighted by Crippen LogP contribution is 2.23. The number of nitrogens with one attached hydrogen (secondary N) is 1. The van der Waals surface area contributed by atoms with Crippen molar-refractivity contribution in [2.45, 2.75) is 0 Å². The van der Waals surface area contributed by atoms with E-state index in [1.165, 1.54) is 18.2 Å². The fourth-order valence-corrected chi connectivity index (χ4v) is 1.83. The highest BCUT2D eigenvalue weighted by atomic mass is 35.5. The minimum atomic E-state index is -0.428. The lowest BCUT2D eigenvalue weighted by molar-refractivity contribution is 0.102. The van der Waals surface area contributed by atoms with Crippen molar-refractivity contribution in [3.63, 3.8) is 0 Å². The van der Waals surface area contributed by atoms with Gasteiger partial charge in [-0.15, -0.1) is 0 Å². The number of amides is 1. The highest BCUT2D eigenvalue weighted by Gasteiger charge is 2.10. The van der Waals surface area contributed by atoms with Gasteiger partial charge in [-0.3, -0.25) is 4.79 Å². The Hall–Kier alpha value is -1.78. The molecule has 0 saturated carbocycles. The lowest BCUT2D eigenvalue weighted by Gasteiger charge is -2.07. The van der Waals surface area contributed by atoms with Crippen molar-refractivity contribution in [1.29, 1.82) is 0 Å². The maximum atomic E-state index is 11.9. The van der Waals surface area contributed by atoms with Gasteiger partial charge in [-0.1, -0.05) is 35.3 Å². The zero-order valence-corrected chi connectivity index (χ0v) is 10.5. The summed E-state index contributed by atoms with van der Waals surface area (Å²) < 4.78 is 0. The molecule has 1 aromatic carbocycles. The number of carbonyl (C=O) groups excluding carboxylic acids is 1. The summed E-state index contributed by atoms with van der Waals surface area (Å²) in [6.07, 6.45) is 0. The number of para-hydroxylation sites is 2. The largest absolute Gasteiger partial charge is 0.506 e. The van der Waals surface area contributed by atoms with Crippen LogP contribution in [-0.4, -0.2) is 16.0 Å². The van der Waals surface area contributed by atoms with E-state index in [4.69, 9.17) is 23.2 Å². The van der Waals surface area contributed by atoms with Crippen molar-refractivity contribution in [3.05, 3.63) is 52.3 Å². The number of halogens is 2. The third-order valence-corrected chi connectivity index (χ3v) is 2.56. The topological polar surface area (TPSA) is 62.2 Å². The van der Waals surface area contributed by atoms with Crippen LogP contribution in [0.1, 0.15) is 10.4 Å². The van der Waals surface area contributed by atoms with Gasteiger partial charge in [-0.05, 0) is 24.3 Å². The van der Waals surface area contributed by atoms with Crippen LogP contribution in [-0.2, 0) is 0 Å². The van der Waals surface area contributed by atoms with Gasteiger partial charge in [0.1, 0.15) is 16.1 Å². The molecular weight excluding hydrogens is 275 g/mol. The number of hydrogen-bond acceptors (Lipinski definition) is 3. The minimum absolute atomic E-state index is 0.0166. The van der Waals surface area contributed by atoms with E-state index >= 15 is 0 Å². The van der Waals surface area contributed by atoms with E-state index in [9.17, 15) is 9.90 Å². The van der Waals surface area contributed by atoms with Gasteiger partial charge in [0.05, 0.1) is 5.69 Å². The molecule has 0 radical (unpaired) electrons. The molecule has 0 saturated heterocycles. The van der Waals surface area contributed by atoms with Gasteiger partial charge in [-0.2, -0.15) is 0 Å². The first-order chi connectivity index (χ1) is 8.56. The van der Waals surface area contributed by atoms with Gasteiger partial charge >= 0.3 is 0 Å². The minimum Gasteiger partial charge on any atom is -0.506 e. The standard InChI is InChI=1S/C12H8Cl2N2O2/c13-10-5-7(6-11(14)16-10)12(18)15-8-3-1-2-4-9(8)17/h1-6,17H,(H,15,18). The second-order valence-corrected chi connectivity index (χ2v) is 4.25. The molecule has 2 aromatic rings. The van der Waals surface area contributed by atoms with Crippen LogP contribution in [0.3, 0.4) is 0 Å². The van der Waals surface area contributed by atoms with Gasteiger partial charge in [0, 0.05) is 5.56 Å². The van der Waals surface area contributed by atoms with Crippen molar-refractivity contribution in [2.24, 2.45) is 0 Å². The predicted molar refractivity (Wildman–Crippen MR) is 70.3 cm³/mol. The van der Waals surface area contributed by atoms with Gasteiger partial charge < -0.3 is 10.4 Å². The number of phenolic OH excluding ortho intramolecular Hbond substituents is 1. The van der Waals surface area contributed by atoms with Crippen LogP contribution in [0.25, 0.3) is 0 Å². The van der Waals surface area contributed by atoms with Crippen molar-refractivity contribution in [2.75, 3.05) is 5.32 Å². The summed E-state index contributed by atoms with van der Waals surface area (Å²) in [4.78, 5) is 15.6. The molecule has 0 bridgehead atoms. The SMILES string of the molecule is O=C(Nc1ccccc1O)c1cc(Cl)nc(Cl)c1. The molecule has 0 aliphatic heterocycles. The Morgan fingerprint density at radius 2 is 1.78 bits per heavy atom. The van der Waals surface area contributed by atoms with Crippen LogP contribution in [0.5, 0.6) is 5.75 Å². The van der Waals surface area contributed by atoms with Gasteiger partial charge in [0.25, 0.3) is 5.91 Å². The molecule has 4 nitrogen and oxygen atoms in total. The average Bonchev–Trinajstić information content (AvgIpc) is 2.31. The third-order valence-electron chi connectivity index (χ3n) is 2.18. The highest BCUT2D eigenvalue weighted by molar-refractivity contribution is 6.33. The zero-order chi connectivity index (χ0) is 13.1. The molecule has 1 heterocycles. The first-order valence-corrected chi connectivity index (χ1v) is 5.74. The van der Waals surface area contributed by atoms with Gasteiger partial charge in [-0.25, -0.2) is 4.98 Å². The summed E-state index contributed by atoms with van der Waals surface area (Å²) in [5.41, 5.74) is 0.579. The number of hydrogen-bond donors (Lipinski definition) is 2. The molecule has 0 spiro atoms. The molecule has 0 aliphatic rings. The lowest BCUT2D eigenvalue weighted by atomic mass is 10.2. The number of aromatic hydroxyl groups is 1. The number of aromatic nitrogens is 1. The fraction of sp³-hybridized carbons (Fsp3) is 0. The maximum Gasteiger partial charge on any atom is 0.255 e. The Morgan fingerprint density at radius 1 is 1.17 bits per heavy atom. The zero-order valence-electron chi connectivity index (χ0n) is 9.02. The summed E-state index contributed by atoms with van der Waals surface area (Å²) in [6, 6.07) is 9.19. The summed E-state index contributed by atoms with van der Waals surface area (Å²) in [5, 5.41) is 12.3. The second kappa shape index (κ2) is 5.25. The number of benzene rings is 1. The van der Waals surface area contributed by atoms with Crippen LogP contribution in [0, 0.1) is 0 Å². The van der Waals surface area contributed by atoms with E-state index in [-0.39, 0.29) is 21.6 Å². The Balaban J connectivity index is 2.25. The molecule has 18 heavy (non-hydrogen) atoms. The summed E-state index contributed by atoms with van der Waals surface area (Å²) in [7, 11) is 0. The number of nitrogens with zero attached hydrogens (tertiary/aromatic N) is 1. The lowest BCUT2D eigenvalue weighted by Crippen LogP contribution is -2.12. The molecular formula is C12H8Cl2N2O2. The first kappa shape index (κ1) is 12.7. The summed E-state index contributed by atoms with van der Waals surface area (Å²) >= 11 is 11.4. The molecule has 2 rings (SSSR count). The quantitative estimate of drug-likeness (QED) is 0.656. The molecule has 6 heteroatoms. The Kier molecular flexibility index (Phi) is 3.69. The van der Waals surface area contributed by atoms with E-state index in [1.54, 1.807) is 18.2 Å². The molecule has 0 fully saturated rings. The molecule has 1 aromatic heterocycles. The van der Waals surface area contributed by atoms with E-state index in [2.05, 4.69) is 10.3 Å². The van der Waals surface area contributed by atoms with Crippen LogP contribution < -0.4 is 5.32 Å². The Bertz CT molecular complexity index is 582. The molecule has 0 atom stereocenters. The van der Waals surface area contributed by atoms with Gasteiger partial charge in [0.2, 0.25) is 0 Å². The Morgan fingerprint density at radius 3 is 2.39 bits per heavy atom. The molecule has 92 valence electrons. The number of pyridine rings is 1. The molecule has 1 amide bonds. The average molecular weight is 283 g/mol. The second-order valence-electron chi connectivity index (χ2n) is 3.47. The number of phenols is 1. The van der Waals surface area contributed by atoms with Crippen LogP contribution >= 0.6 is 23.2 Å². The van der Waals surface area contributed by atoms with E-state index in [1.807, 2.05) is 0 Å². The smallest absolute Gasteiger partial charge is 0.255 e. The molecule has 2 N–H and O–H groups in total. The third kappa shape index (κ3) is 2.91.